The molecule has 0 bridgehead atoms. The van der Waals surface area contributed by atoms with Gasteiger partial charge in [-0.25, -0.2) is 9.99 Å². The Balaban J connectivity index is 1.29. The molecule has 3 aliphatic rings. The average Bonchev–Trinajstić information content (AvgIpc) is 2.86. The Labute approximate surface area is 196 Å². The fraction of sp³-hybridized carbons (Fsp3) is 0.333. The molecule has 0 radical (unpaired) electrons. The molecular weight excluding hydrogens is 442 g/mol. The first kappa shape index (κ1) is 21.5. The molecule has 33 heavy (non-hydrogen) atoms. The van der Waals surface area contributed by atoms with Gasteiger partial charge < -0.3 is 9.80 Å². The highest BCUT2D eigenvalue weighted by atomic mass is 35.5. The van der Waals surface area contributed by atoms with Gasteiger partial charge in [0.1, 0.15) is 5.82 Å². The third kappa shape index (κ3) is 4.06. The lowest BCUT2D eigenvalue weighted by Crippen LogP contribution is -2.59. The van der Waals surface area contributed by atoms with E-state index in [0.29, 0.717) is 55.3 Å². The second kappa shape index (κ2) is 8.86. The Bertz CT molecular complexity index is 1130. The molecule has 2 atom stereocenters. The topological polar surface area (TPSA) is 85.8 Å². The van der Waals surface area contributed by atoms with Gasteiger partial charge >= 0.3 is 0 Å². The molecule has 5 rings (SSSR count). The smallest absolute Gasteiger partial charge is 0.254 e. The fourth-order valence-electron chi connectivity index (χ4n) is 4.67. The first-order chi connectivity index (χ1) is 16.0. The molecule has 0 saturated carbocycles. The largest absolute Gasteiger partial charge is 0.352 e. The lowest BCUT2D eigenvalue weighted by Gasteiger charge is -2.38. The average molecular weight is 466 g/mol. The van der Waals surface area contributed by atoms with Crippen LogP contribution >= 0.6 is 11.6 Å². The van der Waals surface area contributed by atoms with Crippen molar-refractivity contribution < 1.29 is 14.4 Å². The van der Waals surface area contributed by atoms with Crippen LogP contribution in [-0.4, -0.2) is 53.8 Å². The molecule has 1 aliphatic carbocycles. The first-order valence-electron chi connectivity index (χ1n) is 11.1. The fourth-order valence-corrected chi connectivity index (χ4v) is 4.92. The first-order valence-corrected chi connectivity index (χ1v) is 11.4. The van der Waals surface area contributed by atoms with Gasteiger partial charge in [0.25, 0.3) is 5.91 Å². The molecule has 1 aromatic heterocycles. The van der Waals surface area contributed by atoms with E-state index in [1.54, 1.807) is 47.5 Å². The van der Waals surface area contributed by atoms with Crippen molar-refractivity contribution in [3.63, 3.8) is 0 Å². The van der Waals surface area contributed by atoms with Gasteiger partial charge in [-0.05, 0) is 43.2 Å². The molecule has 3 amide bonds. The van der Waals surface area contributed by atoms with E-state index in [1.165, 1.54) is 5.01 Å². The molecule has 2 fully saturated rings. The predicted molar refractivity (Wildman–Crippen MR) is 125 cm³/mol. The number of benzene rings is 1. The summed E-state index contributed by atoms with van der Waals surface area (Å²) in [5, 5.41) is 1.88. The number of hydrazine groups is 1. The van der Waals surface area contributed by atoms with Crippen LogP contribution in [0.25, 0.3) is 0 Å². The lowest BCUT2D eigenvalue weighted by molar-refractivity contribution is -0.139. The highest BCUT2D eigenvalue weighted by Gasteiger charge is 2.42. The van der Waals surface area contributed by atoms with Crippen LogP contribution in [0.2, 0.25) is 5.02 Å². The van der Waals surface area contributed by atoms with Crippen LogP contribution in [-0.2, 0) is 9.59 Å². The van der Waals surface area contributed by atoms with Crippen molar-refractivity contribution in [2.45, 2.75) is 12.8 Å². The van der Waals surface area contributed by atoms with Gasteiger partial charge in [0.15, 0.2) is 0 Å². The Morgan fingerprint density at radius 3 is 2.52 bits per heavy atom. The summed E-state index contributed by atoms with van der Waals surface area (Å²) in [7, 11) is 0. The van der Waals surface area contributed by atoms with E-state index in [-0.39, 0.29) is 29.6 Å². The number of halogens is 1. The molecule has 2 aliphatic heterocycles. The minimum atomic E-state index is -0.366. The third-order valence-electron chi connectivity index (χ3n) is 6.49. The second-order valence-electron chi connectivity index (χ2n) is 8.44. The van der Waals surface area contributed by atoms with Crippen LogP contribution in [0.4, 0.5) is 11.5 Å². The van der Waals surface area contributed by atoms with Crippen LogP contribution in [0.15, 0.2) is 54.7 Å². The summed E-state index contributed by atoms with van der Waals surface area (Å²) in [6.07, 6.45) is 6.73. The minimum Gasteiger partial charge on any atom is -0.352 e. The van der Waals surface area contributed by atoms with Gasteiger partial charge in [0, 0.05) is 37.9 Å². The summed E-state index contributed by atoms with van der Waals surface area (Å²) >= 11 is 6.26. The molecule has 0 spiro atoms. The number of pyridine rings is 1. The highest BCUT2D eigenvalue weighted by molar-refractivity contribution is 6.32. The number of fused-ring (bicyclic) bond motifs is 1. The molecule has 1 N–H and O–H groups in total. The van der Waals surface area contributed by atoms with E-state index in [0.717, 1.165) is 5.82 Å². The van der Waals surface area contributed by atoms with Gasteiger partial charge in [-0.2, -0.15) is 0 Å². The highest BCUT2D eigenvalue weighted by Crippen LogP contribution is 2.32. The number of allylic oxidation sites excluding steroid dienone is 2. The molecule has 170 valence electrons. The van der Waals surface area contributed by atoms with Crippen molar-refractivity contribution in [2.24, 2.45) is 11.8 Å². The minimum absolute atomic E-state index is 0.113. The molecule has 1 aromatic carbocycles. The Hall–Kier alpha value is -3.39. The standard InChI is InChI=1S/C24H24ClN5O3/c25-20-9-4-10-26-21(20)28-11-13-29(14-12-28)23(32)16-5-3-6-17(15-16)30-24(33)19-8-2-1-7-18(19)22(31)27-30/h1-6,9-10,15,18-19H,7-8,11-14H2,(H,27,31). The Morgan fingerprint density at radius 2 is 1.76 bits per heavy atom. The normalized spacial score (nSPS) is 22.8. The van der Waals surface area contributed by atoms with E-state index in [2.05, 4.69) is 15.3 Å². The summed E-state index contributed by atoms with van der Waals surface area (Å²) in [5.74, 6) is -0.386. The molecular formula is C24H24ClN5O3. The number of amides is 3. The maximum Gasteiger partial charge on any atom is 0.254 e. The van der Waals surface area contributed by atoms with Crippen molar-refractivity contribution in [1.29, 1.82) is 0 Å². The summed E-state index contributed by atoms with van der Waals surface area (Å²) in [6, 6.07) is 10.5. The summed E-state index contributed by atoms with van der Waals surface area (Å²) in [6.45, 7) is 2.32. The van der Waals surface area contributed by atoms with Crippen molar-refractivity contribution in [1.82, 2.24) is 15.3 Å². The molecule has 8 nitrogen and oxygen atoms in total. The number of nitrogens with one attached hydrogen (secondary N) is 1. The second-order valence-corrected chi connectivity index (χ2v) is 8.85. The van der Waals surface area contributed by atoms with Crippen LogP contribution in [0.1, 0.15) is 23.2 Å². The maximum atomic E-state index is 13.2. The Kier molecular flexibility index (Phi) is 5.76. The summed E-state index contributed by atoms with van der Waals surface area (Å²) in [4.78, 5) is 47.0. The molecule has 2 saturated heterocycles. The number of anilines is 2. The molecule has 3 heterocycles. The number of carbonyl (C=O) groups excluding carboxylic acids is 3. The Morgan fingerprint density at radius 1 is 1.00 bits per heavy atom. The van der Waals surface area contributed by atoms with Crippen LogP contribution in [0.3, 0.4) is 0 Å². The molecule has 2 unspecified atom stereocenters. The van der Waals surface area contributed by atoms with Crippen molar-refractivity contribution >= 4 is 40.8 Å². The van der Waals surface area contributed by atoms with Crippen LogP contribution in [0.5, 0.6) is 0 Å². The van der Waals surface area contributed by atoms with E-state index >= 15 is 0 Å². The van der Waals surface area contributed by atoms with Crippen molar-refractivity contribution in [3.05, 3.63) is 65.3 Å². The zero-order valence-corrected chi connectivity index (χ0v) is 18.7. The summed E-state index contributed by atoms with van der Waals surface area (Å²) < 4.78 is 0. The van der Waals surface area contributed by atoms with Gasteiger partial charge in [-0.3, -0.25) is 19.8 Å². The zero-order chi connectivity index (χ0) is 22.9. The number of hydrogen-bond acceptors (Lipinski definition) is 5. The van der Waals surface area contributed by atoms with E-state index in [1.807, 2.05) is 12.2 Å². The molecule has 2 aromatic rings. The number of rotatable bonds is 3. The zero-order valence-electron chi connectivity index (χ0n) is 18.0. The van der Waals surface area contributed by atoms with E-state index in [9.17, 15) is 14.4 Å². The number of hydrogen-bond donors (Lipinski definition) is 1. The monoisotopic (exact) mass is 465 g/mol. The van der Waals surface area contributed by atoms with Crippen LogP contribution in [0, 0.1) is 11.8 Å². The predicted octanol–water partition coefficient (Wildman–Crippen LogP) is 2.66. The molecule has 9 heteroatoms. The van der Waals surface area contributed by atoms with Crippen LogP contribution < -0.4 is 15.3 Å². The quantitative estimate of drug-likeness (QED) is 0.704. The van der Waals surface area contributed by atoms with Gasteiger partial charge in [0.2, 0.25) is 11.8 Å². The van der Waals surface area contributed by atoms with E-state index < -0.39 is 0 Å². The van der Waals surface area contributed by atoms with Gasteiger partial charge in [-0.15, -0.1) is 0 Å². The number of nitrogens with zero attached hydrogens (tertiary/aromatic N) is 4. The number of aromatic nitrogens is 1. The van der Waals surface area contributed by atoms with Gasteiger partial charge in [0.05, 0.1) is 22.5 Å². The van der Waals surface area contributed by atoms with Gasteiger partial charge in [-0.1, -0.05) is 29.8 Å². The van der Waals surface area contributed by atoms with Crippen molar-refractivity contribution in [2.75, 3.05) is 36.1 Å². The third-order valence-corrected chi connectivity index (χ3v) is 6.78. The van der Waals surface area contributed by atoms with Crippen molar-refractivity contribution in [3.8, 4) is 0 Å². The lowest BCUT2D eigenvalue weighted by atomic mass is 9.80. The maximum absolute atomic E-state index is 13.2. The number of carbonyl (C=O) groups is 3. The number of piperazine rings is 1. The van der Waals surface area contributed by atoms with E-state index in [4.69, 9.17) is 11.6 Å². The summed E-state index contributed by atoms with van der Waals surface area (Å²) in [5.41, 5.74) is 3.68. The SMILES string of the molecule is O=C1NN(c2cccc(C(=O)N3CCN(c4ncccc4Cl)CC3)c2)C(=O)C2CC=CCC12.